The van der Waals surface area contributed by atoms with Crippen molar-refractivity contribution in [2.24, 2.45) is 0 Å². The molecule has 2 fully saturated rings. The molecule has 0 spiro atoms. The van der Waals surface area contributed by atoms with Crippen LogP contribution >= 0.6 is 0 Å². The highest BCUT2D eigenvalue weighted by Gasteiger charge is 2.43. The van der Waals surface area contributed by atoms with E-state index < -0.39 is 35.0 Å². The molecule has 2 aliphatic rings. The fraction of sp³-hybridized carbons (Fsp3) is 0.923. The average molecular weight is 339 g/mol. The van der Waals surface area contributed by atoms with Crippen molar-refractivity contribution in [3.63, 3.8) is 0 Å². The second-order valence-electron chi connectivity index (χ2n) is 6.03. The Balaban J connectivity index is 1.81. The van der Waals surface area contributed by atoms with Crippen molar-refractivity contribution in [3.05, 3.63) is 0 Å². The molecule has 0 aliphatic carbocycles. The van der Waals surface area contributed by atoms with Gasteiger partial charge in [-0.15, -0.1) is 0 Å². The molecule has 2 saturated heterocycles. The smallest absolute Gasteiger partial charge is 0.262 e. The Labute approximate surface area is 129 Å². The van der Waals surface area contributed by atoms with Crippen molar-refractivity contribution < 1.29 is 22.0 Å². The van der Waals surface area contributed by atoms with E-state index in [1.807, 2.05) is 0 Å². The number of likely N-dealkylation sites (tertiary alicyclic amines) is 1. The molecule has 0 aromatic heterocycles. The predicted molar refractivity (Wildman–Crippen MR) is 78.2 cm³/mol. The highest BCUT2D eigenvalue weighted by Crippen LogP contribution is 2.26. The summed E-state index contributed by atoms with van der Waals surface area (Å²) in [6.45, 7) is 2.12. The van der Waals surface area contributed by atoms with Crippen LogP contribution in [0.5, 0.6) is 0 Å². The van der Waals surface area contributed by atoms with Gasteiger partial charge in [-0.2, -0.15) is 0 Å². The Kier molecular flexibility index (Phi) is 5.39. The van der Waals surface area contributed by atoms with E-state index in [-0.39, 0.29) is 17.7 Å². The minimum atomic E-state index is -3.27. The van der Waals surface area contributed by atoms with Crippen LogP contribution in [0.3, 0.4) is 0 Å². The van der Waals surface area contributed by atoms with Crippen LogP contribution in [-0.2, 0) is 14.8 Å². The van der Waals surface area contributed by atoms with Crippen LogP contribution in [0.25, 0.3) is 0 Å². The maximum atomic E-state index is 13.1. The third kappa shape index (κ3) is 4.60. The third-order valence-electron chi connectivity index (χ3n) is 4.03. The van der Waals surface area contributed by atoms with Crippen molar-refractivity contribution in [1.29, 1.82) is 0 Å². The molecule has 0 aromatic carbocycles. The summed E-state index contributed by atoms with van der Waals surface area (Å²) < 4.78 is 52.3. The van der Waals surface area contributed by atoms with E-state index in [0.717, 1.165) is 0 Å². The van der Waals surface area contributed by atoms with E-state index in [0.29, 0.717) is 32.4 Å². The summed E-state index contributed by atoms with van der Waals surface area (Å²) in [5.74, 6) is -3.05. The number of hydrogen-bond acceptors (Lipinski definition) is 4. The Morgan fingerprint density at radius 3 is 2.50 bits per heavy atom. The largest absolute Gasteiger partial charge is 0.341 e. The van der Waals surface area contributed by atoms with Gasteiger partial charge in [0.05, 0.1) is 18.3 Å². The number of carbonyl (C=O) groups is 1. The molecule has 2 aliphatic heterocycles. The SMILES string of the molecule is CCCS(=O)(=O)NC1CCN(C(=O)C2CC(F)(F)CN2)CC1. The first-order valence-electron chi connectivity index (χ1n) is 7.62. The van der Waals surface area contributed by atoms with Gasteiger partial charge in [0.2, 0.25) is 15.9 Å². The highest BCUT2D eigenvalue weighted by atomic mass is 32.2. The minimum Gasteiger partial charge on any atom is -0.341 e. The Bertz CT molecular complexity index is 505. The second kappa shape index (κ2) is 6.76. The summed E-state index contributed by atoms with van der Waals surface area (Å²) in [4.78, 5) is 13.7. The minimum absolute atomic E-state index is 0.0905. The number of carbonyl (C=O) groups excluding carboxylic acids is 1. The molecule has 2 rings (SSSR count). The standard InChI is InChI=1S/C13H23F2N3O3S/c1-2-7-22(20,21)17-10-3-5-18(6-4-10)12(19)11-8-13(14,15)9-16-11/h10-11,16-17H,2-9H2,1H3. The van der Waals surface area contributed by atoms with Crippen LogP contribution in [0, 0.1) is 0 Å². The highest BCUT2D eigenvalue weighted by molar-refractivity contribution is 7.89. The number of piperidine rings is 1. The molecule has 1 amide bonds. The first kappa shape index (κ1) is 17.6. The van der Waals surface area contributed by atoms with Crippen molar-refractivity contribution in [3.8, 4) is 0 Å². The molecular weight excluding hydrogens is 316 g/mol. The molecule has 2 heterocycles. The summed E-state index contributed by atoms with van der Waals surface area (Å²) in [5, 5.41) is 2.56. The zero-order chi connectivity index (χ0) is 16.4. The lowest BCUT2D eigenvalue weighted by molar-refractivity contribution is -0.134. The number of halogens is 2. The van der Waals surface area contributed by atoms with Crippen LogP contribution in [0.1, 0.15) is 32.6 Å². The number of nitrogens with zero attached hydrogens (tertiary/aromatic N) is 1. The van der Waals surface area contributed by atoms with Crippen molar-refractivity contribution in [2.75, 3.05) is 25.4 Å². The fourth-order valence-electron chi connectivity index (χ4n) is 2.91. The molecule has 2 N–H and O–H groups in total. The van der Waals surface area contributed by atoms with Crippen LogP contribution in [0.15, 0.2) is 0 Å². The van der Waals surface area contributed by atoms with Crippen LogP contribution in [0.2, 0.25) is 0 Å². The summed E-state index contributed by atoms with van der Waals surface area (Å²) in [5.41, 5.74) is 0. The summed E-state index contributed by atoms with van der Waals surface area (Å²) in [7, 11) is -3.27. The molecule has 0 bridgehead atoms. The molecule has 0 saturated carbocycles. The van der Waals surface area contributed by atoms with Crippen LogP contribution in [-0.4, -0.2) is 62.6 Å². The van der Waals surface area contributed by atoms with E-state index in [1.165, 1.54) is 0 Å². The van der Waals surface area contributed by atoms with E-state index in [2.05, 4.69) is 10.0 Å². The molecular formula is C13H23F2N3O3S. The predicted octanol–water partition coefficient (Wildman–Crippen LogP) is 0.304. The summed E-state index contributed by atoms with van der Waals surface area (Å²) >= 11 is 0. The van der Waals surface area contributed by atoms with Gasteiger partial charge in [0.15, 0.2) is 0 Å². The van der Waals surface area contributed by atoms with Crippen molar-refractivity contribution in [2.45, 2.75) is 50.6 Å². The number of rotatable bonds is 5. The molecule has 22 heavy (non-hydrogen) atoms. The summed E-state index contributed by atoms with van der Waals surface area (Å²) in [6, 6.07) is -1.01. The maximum absolute atomic E-state index is 13.1. The Morgan fingerprint density at radius 2 is 2.00 bits per heavy atom. The monoisotopic (exact) mass is 339 g/mol. The quantitative estimate of drug-likeness (QED) is 0.755. The van der Waals surface area contributed by atoms with Gasteiger partial charge in [-0.05, 0) is 19.3 Å². The number of hydrogen-bond donors (Lipinski definition) is 2. The Hall–Kier alpha value is -0.800. The van der Waals surface area contributed by atoms with Gasteiger partial charge in [0.25, 0.3) is 5.92 Å². The van der Waals surface area contributed by atoms with Crippen LogP contribution < -0.4 is 10.0 Å². The zero-order valence-electron chi connectivity index (χ0n) is 12.6. The van der Waals surface area contributed by atoms with Gasteiger partial charge in [0, 0.05) is 25.6 Å². The molecule has 1 atom stereocenters. The summed E-state index contributed by atoms with van der Waals surface area (Å²) in [6.07, 6.45) is 1.11. The van der Waals surface area contributed by atoms with E-state index in [4.69, 9.17) is 0 Å². The average Bonchev–Trinajstić information content (AvgIpc) is 2.78. The molecule has 9 heteroatoms. The molecule has 0 radical (unpaired) electrons. The zero-order valence-corrected chi connectivity index (χ0v) is 13.5. The number of sulfonamides is 1. The Morgan fingerprint density at radius 1 is 1.36 bits per heavy atom. The molecule has 1 unspecified atom stereocenters. The van der Waals surface area contributed by atoms with Gasteiger partial charge < -0.3 is 4.90 Å². The lowest BCUT2D eigenvalue weighted by Crippen LogP contribution is -2.51. The number of nitrogens with one attached hydrogen (secondary N) is 2. The normalized spacial score (nSPS) is 26.3. The second-order valence-corrected chi connectivity index (χ2v) is 7.90. The lowest BCUT2D eigenvalue weighted by Gasteiger charge is -2.33. The van der Waals surface area contributed by atoms with E-state index >= 15 is 0 Å². The first-order chi connectivity index (χ1) is 10.2. The third-order valence-corrected chi connectivity index (χ3v) is 5.67. The van der Waals surface area contributed by atoms with Crippen molar-refractivity contribution in [1.82, 2.24) is 14.9 Å². The first-order valence-corrected chi connectivity index (χ1v) is 9.28. The van der Waals surface area contributed by atoms with E-state index in [9.17, 15) is 22.0 Å². The van der Waals surface area contributed by atoms with Gasteiger partial charge >= 0.3 is 0 Å². The van der Waals surface area contributed by atoms with Gasteiger partial charge in [-0.25, -0.2) is 21.9 Å². The van der Waals surface area contributed by atoms with Crippen molar-refractivity contribution >= 4 is 15.9 Å². The molecule has 0 aromatic rings. The van der Waals surface area contributed by atoms with E-state index in [1.54, 1.807) is 11.8 Å². The maximum Gasteiger partial charge on any atom is 0.262 e. The number of amides is 1. The van der Waals surface area contributed by atoms with Crippen LogP contribution in [0.4, 0.5) is 8.78 Å². The van der Waals surface area contributed by atoms with Gasteiger partial charge in [-0.3, -0.25) is 10.1 Å². The molecule has 128 valence electrons. The fourth-order valence-corrected chi connectivity index (χ4v) is 4.31. The van der Waals surface area contributed by atoms with Gasteiger partial charge in [0.1, 0.15) is 0 Å². The van der Waals surface area contributed by atoms with Gasteiger partial charge in [-0.1, -0.05) is 6.92 Å². The topological polar surface area (TPSA) is 78.5 Å². The number of alkyl halides is 2. The lowest BCUT2D eigenvalue weighted by atomic mass is 10.0. The molecule has 6 nitrogen and oxygen atoms in total.